The first-order valence-corrected chi connectivity index (χ1v) is 17.1. The molecule has 0 amide bonds. The second kappa shape index (κ2) is 16.8. The first-order chi connectivity index (χ1) is 26.8. The quantitative estimate of drug-likeness (QED) is 0.0725. The van der Waals surface area contributed by atoms with E-state index in [1.54, 1.807) is 0 Å². The van der Waals surface area contributed by atoms with E-state index in [0.717, 1.165) is 18.4 Å². The van der Waals surface area contributed by atoms with Crippen LogP contribution in [0.3, 0.4) is 0 Å². The summed E-state index contributed by atoms with van der Waals surface area (Å²) in [4.78, 5) is 26.4. The minimum Gasteiger partial charge on any atom is -0.508 e. The van der Waals surface area contributed by atoms with Crippen molar-refractivity contribution < 1.29 is 83.6 Å². The highest BCUT2D eigenvalue weighted by atomic mass is 16.7. The van der Waals surface area contributed by atoms with Crippen LogP contribution in [0.25, 0.3) is 28.2 Å². The van der Waals surface area contributed by atoms with E-state index in [2.05, 4.69) is 0 Å². The molecule has 6 rings (SSSR count). The Morgan fingerprint density at radius 2 is 1.50 bits per heavy atom. The average molecular weight is 785 g/mol. The molecular weight excluding hydrogens is 744 g/mol. The van der Waals surface area contributed by atoms with Gasteiger partial charge in [-0.3, -0.25) is 4.79 Å². The van der Waals surface area contributed by atoms with E-state index >= 15 is 0 Å². The molecule has 2 aliphatic rings. The van der Waals surface area contributed by atoms with E-state index < -0.39 is 91.6 Å². The smallest absolute Gasteiger partial charge is 0.330 e. The number of hydrogen-bond donors (Lipinski definition) is 9. The number of rotatable bonds is 11. The van der Waals surface area contributed by atoms with Gasteiger partial charge in [0.05, 0.1) is 32.0 Å². The fraction of sp³-hybridized carbons (Fsp3) is 0.368. The summed E-state index contributed by atoms with van der Waals surface area (Å²) in [5, 5.41) is 94.9. The number of benzene rings is 3. The number of esters is 1. The van der Waals surface area contributed by atoms with Gasteiger partial charge in [0, 0.05) is 12.1 Å². The Bertz CT molecular complexity index is 2110. The molecule has 10 atom stereocenters. The van der Waals surface area contributed by atoms with Crippen molar-refractivity contribution in [3.63, 3.8) is 0 Å². The largest absolute Gasteiger partial charge is 0.508 e. The van der Waals surface area contributed by atoms with Crippen molar-refractivity contribution >= 4 is 23.0 Å². The Balaban J connectivity index is 1.30. The van der Waals surface area contributed by atoms with Gasteiger partial charge in [0.1, 0.15) is 90.4 Å². The molecule has 2 aliphatic heterocycles. The minimum atomic E-state index is -1.99. The standard InChI is InChI=1S/C38H40O18/c1-50-22-11-16(3-9-20(22)41)4-10-26(43)52-15-25-31(46)32(47)34(49)38(55-25)56-37-33(48)30(45)24(13-39)54-36(37)28-23(51-2)12-21(42)27-29(44)19(14-53-35(27)28)17-5-7-18(40)8-6-17/h3-12,14,24-25,30-34,36-42,45-49H,13,15H2,1-2H3. The average Bonchev–Trinajstić information content (AvgIpc) is 3.19. The van der Waals surface area contributed by atoms with Crippen LogP contribution in [0.4, 0.5) is 0 Å². The topological polar surface area (TPSA) is 285 Å². The maximum absolute atomic E-state index is 13.8. The first kappa shape index (κ1) is 40.4. The molecular formula is C38H40O18. The van der Waals surface area contributed by atoms with Crippen molar-refractivity contribution in [3.8, 4) is 39.9 Å². The minimum absolute atomic E-state index is 0.000869. The Morgan fingerprint density at radius 1 is 0.804 bits per heavy atom. The lowest BCUT2D eigenvalue weighted by Crippen LogP contribution is -2.63. The van der Waals surface area contributed by atoms with Gasteiger partial charge >= 0.3 is 5.97 Å². The monoisotopic (exact) mass is 784 g/mol. The molecule has 2 fully saturated rings. The number of carbonyl (C=O) groups is 1. The summed E-state index contributed by atoms with van der Waals surface area (Å²) in [5.41, 5.74) is -0.359. The zero-order valence-corrected chi connectivity index (χ0v) is 29.7. The summed E-state index contributed by atoms with van der Waals surface area (Å²) < 4.78 is 39.4. The molecule has 0 bridgehead atoms. The summed E-state index contributed by atoms with van der Waals surface area (Å²) in [6.45, 7) is -1.48. The molecule has 4 aromatic rings. The Kier molecular flexibility index (Phi) is 12.1. The molecule has 56 heavy (non-hydrogen) atoms. The van der Waals surface area contributed by atoms with Gasteiger partial charge in [0.2, 0.25) is 5.43 Å². The SMILES string of the molecule is COc1cc(C=CC(=O)OCC2OC(OC3C(c4c(OC)cc(O)c5c(=O)c(-c6ccc(O)cc6)coc45)OC(CO)C(O)C3O)C(O)C(O)C2O)ccc1O. The lowest BCUT2D eigenvalue weighted by atomic mass is 9.89. The molecule has 0 radical (unpaired) electrons. The van der Waals surface area contributed by atoms with Gasteiger partial charge in [0.25, 0.3) is 0 Å². The van der Waals surface area contributed by atoms with Crippen LogP contribution < -0.4 is 14.9 Å². The van der Waals surface area contributed by atoms with E-state index in [-0.39, 0.29) is 45.1 Å². The van der Waals surface area contributed by atoms with Crippen LogP contribution in [-0.4, -0.2) is 134 Å². The molecule has 2 saturated heterocycles. The zero-order chi connectivity index (χ0) is 40.4. The van der Waals surface area contributed by atoms with Crippen LogP contribution in [0.15, 0.2) is 70.1 Å². The van der Waals surface area contributed by atoms with Crippen molar-refractivity contribution in [2.24, 2.45) is 0 Å². The summed E-state index contributed by atoms with van der Waals surface area (Å²) >= 11 is 0. The molecule has 0 spiro atoms. The van der Waals surface area contributed by atoms with Crippen molar-refractivity contribution in [1.82, 2.24) is 0 Å². The molecule has 300 valence electrons. The van der Waals surface area contributed by atoms with Crippen LogP contribution in [0.5, 0.6) is 28.7 Å². The van der Waals surface area contributed by atoms with E-state index in [0.29, 0.717) is 11.1 Å². The number of phenols is 3. The number of ether oxygens (including phenoxy) is 6. The number of fused-ring (bicyclic) bond motifs is 1. The second-order valence-corrected chi connectivity index (χ2v) is 13.0. The number of hydrogen-bond acceptors (Lipinski definition) is 18. The van der Waals surface area contributed by atoms with Gasteiger partial charge in [-0.2, -0.15) is 0 Å². The third-order valence-corrected chi connectivity index (χ3v) is 9.54. The van der Waals surface area contributed by atoms with Crippen LogP contribution in [0, 0.1) is 0 Å². The van der Waals surface area contributed by atoms with Crippen LogP contribution in [-0.2, 0) is 23.7 Å². The van der Waals surface area contributed by atoms with Crippen molar-refractivity contribution in [2.45, 2.75) is 61.2 Å². The molecule has 18 heteroatoms. The Labute approximate surface area is 317 Å². The van der Waals surface area contributed by atoms with Crippen LogP contribution >= 0.6 is 0 Å². The molecule has 0 aliphatic carbocycles. The van der Waals surface area contributed by atoms with Crippen molar-refractivity contribution in [3.05, 3.63) is 82.2 Å². The molecule has 18 nitrogen and oxygen atoms in total. The summed E-state index contributed by atoms with van der Waals surface area (Å²) in [7, 11) is 2.57. The van der Waals surface area contributed by atoms with E-state index in [9.17, 15) is 55.5 Å². The predicted octanol–water partition coefficient (Wildman–Crippen LogP) is 0.197. The molecule has 10 unspecified atom stereocenters. The summed E-state index contributed by atoms with van der Waals surface area (Å²) in [6.07, 6.45) is -14.3. The third-order valence-electron chi connectivity index (χ3n) is 9.54. The summed E-state index contributed by atoms with van der Waals surface area (Å²) in [6, 6.07) is 11.0. The van der Waals surface area contributed by atoms with E-state index in [1.807, 2.05) is 0 Å². The molecule has 1 aromatic heterocycles. The van der Waals surface area contributed by atoms with Crippen LogP contribution in [0.1, 0.15) is 17.2 Å². The lowest BCUT2D eigenvalue weighted by Gasteiger charge is -2.46. The van der Waals surface area contributed by atoms with Crippen molar-refractivity contribution in [2.75, 3.05) is 27.4 Å². The zero-order valence-electron chi connectivity index (χ0n) is 29.7. The normalized spacial score (nSPS) is 28.0. The van der Waals surface area contributed by atoms with Crippen LogP contribution in [0.2, 0.25) is 0 Å². The molecule has 3 heterocycles. The number of aliphatic hydroxyl groups excluding tert-OH is 6. The number of aromatic hydroxyl groups is 3. The van der Waals surface area contributed by atoms with Gasteiger partial charge in [-0.25, -0.2) is 4.79 Å². The fourth-order valence-corrected chi connectivity index (χ4v) is 6.53. The van der Waals surface area contributed by atoms with E-state index in [4.69, 9.17) is 32.8 Å². The highest BCUT2D eigenvalue weighted by Gasteiger charge is 2.52. The number of methoxy groups -OCH3 is 2. The van der Waals surface area contributed by atoms with Gasteiger partial charge in [-0.15, -0.1) is 0 Å². The Hall–Kier alpha value is -5.28. The Morgan fingerprint density at radius 3 is 2.18 bits per heavy atom. The lowest BCUT2D eigenvalue weighted by molar-refractivity contribution is -0.342. The number of carbonyl (C=O) groups excluding carboxylic acids is 1. The number of aliphatic hydroxyl groups is 6. The third kappa shape index (κ3) is 7.87. The second-order valence-electron chi connectivity index (χ2n) is 13.0. The molecule has 9 N–H and O–H groups in total. The van der Waals surface area contributed by atoms with Gasteiger partial charge in [-0.05, 0) is 41.5 Å². The van der Waals surface area contributed by atoms with Gasteiger partial charge < -0.3 is 78.8 Å². The highest BCUT2D eigenvalue weighted by molar-refractivity contribution is 5.91. The predicted molar refractivity (Wildman–Crippen MR) is 191 cm³/mol. The summed E-state index contributed by atoms with van der Waals surface area (Å²) in [5.74, 6) is -1.64. The maximum atomic E-state index is 13.8. The first-order valence-electron chi connectivity index (χ1n) is 17.1. The van der Waals surface area contributed by atoms with E-state index in [1.165, 1.54) is 62.8 Å². The number of phenolic OH excluding ortho intramolecular Hbond substituents is 3. The van der Waals surface area contributed by atoms with Gasteiger partial charge in [-0.1, -0.05) is 18.2 Å². The maximum Gasteiger partial charge on any atom is 0.330 e. The molecule has 3 aromatic carbocycles. The van der Waals surface area contributed by atoms with Gasteiger partial charge in [0.15, 0.2) is 23.4 Å². The molecule has 0 saturated carbocycles. The fourth-order valence-electron chi connectivity index (χ4n) is 6.53. The van der Waals surface area contributed by atoms with Crippen molar-refractivity contribution in [1.29, 1.82) is 0 Å². The highest BCUT2D eigenvalue weighted by Crippen LogP contribution is 2.45.